The second-order valence-electron chi connectivity index (χ2n) is 6.08. The van der Waals surface area contributed by atoms with Crippen LogP contribution in [0.5, 0.6) is 5.75 Å². The Kier molecular flexibility index (Phi) is 5.69. The lowest BCUT2D eigenvalue weighted by Gasteiger charge is -2.06. The fourth-order valence-electron chi connectivity index (χ4n) is 2.94. The summed E-state index contributed by atoms with van der Waals surface area (Å²) in [5.41, 5.74) is 0.712. The second kappa shape index (κ2) is 7.96. The Morgan fingerprint density at radius 2 is 1.76 bits per heavy atom. The van der Waals surface area contributed by atoms with Crippen molar-refractivity contribution in [1.82, 2.24) is 0 Å². The molecule has 3 rings (SSSR count). The van der Waals surface area contributed by atoms with Crippen LogP contribution in [-0.2, 0) is 6.42 Å². The molecule has 0 radical (unpaired) electrons. The summed E-state index contributed by atoms with van der Waals surface area (Å²) < 4.78 is 36.1. The fraction of sp³-hybridized carbons (Fsp3) is 0.333. The number of ether oxygens (including phenoxy) is 1. The Hall–Kier alpha value is -1.94. The first-order chi connectivity index (χ1) is 12.2. The molecular weight excluding hydrogens is 338 g/mol. The maximum atomic E-state index is 14.8. The van der Waals surface area contributed by atoms with Crippen LogP contribution in [0.1, 0.15) is 38.7 Å². The van der Waals surface area contributed by atoms with Crippen LogP contribution in [0.15, 0.2) is 36.4 Å². The molecule has 0 saturated carbocycles. The zero-order valence-electron chi connectivity index (χ0n) is 14.6. The molecule has 3 aromatic rings. The number of fused-ring (bicyclic) bond motifs is 3. The summed E-state index contributed by atoms with van der Waals surface area (Å²) >= 11 is 1.18. The smallest absolute Gasteiger partial charge is 0.182 e. The Morgan fingerprint density at radius 1 is 1.04 bits per heavy atom. The SMILES string of the molecule is C/C=C/CCOc1ccc2c(sc3c(F)c(CCCC)ccc32)c1F. The molecule has 0 N–H and O–H groups in total. The Labute approximate surface area is 150 Å². The van der Waals surface area contributed by atoms with Crippen molar-refractivity contribution in [2.75, 3.05) is 6.61 Å². The molecule has 1 nitrogen and oxygen atoms in total. The highest BCUT2D eigenvalue weighted by Gasteiger charge is 2.17. The number of thiophene rings is 1. The average Bonchev–Trinajstić information content (AvgIpc) is 3.00. The molecule has 0 atom stereocenters. The molecule has 0 aliphatic heterocycles. The highest BCUT2D eigenvalue weighted by atomic mass is 32.1. The number of aryl methyl sites for hydroxylation is 1. The molecule has 0 unspecified atom stereocenters. The van der Waals surface area contributed by atoms with E-state index in [1.807, 2.05) is 37.3 Å². The fourth-order valence-corrected chi connectivity index (χ4v) is 4.13. The number of unbranched alkanes of at least 4 members (excludes halogenated alkanes) is 1. The van der Waals surface area contributed by atoms with Gasteiger partial charge in [-0.05, 0) is 43.9 Å². The molecule has 132 valence electrons. The minimum Gasteiger partial charge on any atom is -0.490 e. The maximum absolute atomic E-state index is 14.8. The number of halogens is 2. The van der Waals surface area contributed by atoms with Crippen LogP contribution in [0.25, 0.3) is 20.2 Å². The molecule has 0 aliphatic rings. The van der Waals surface area contributed by atoms with Crippen LogP contribution in [0.2, 0.25) is 0 Å². The van der Waals surface area contributed by atoms with Crippen LogP contribution in [0.4, 0.5) is 8.78 Å². The van der Waals surface area contributed by atoms with Gasteiger partial charge in [0.25, 0.3) is 0 Å². The van der Waals surface area contributed by atoms with Gasteiger partial charge in [0.1, 0.15) is 5.82 Å². The van der Waals surface area contributed by atoms with Crippen LogP contribution in [0, 0.1) is 11.6 Å². The molecule has 1 aromatic heterocycles. The third kappa shape index (κ3) is 3.54. The summed E-state index contributed by atoms with van der Waals surface area (Å²) in [4.78, 5) is 0. The van der Waals surface area contributed by atoms with Crippen LogP contribution in [-0.4, -0.2) is 6.61 Å². The van der Waals surface area contributed by atoms with Crippen molar-refractivity contribution in [3.8, 4) is 5.75 Å². The van der Waals surface area contributed by atoms with E-state index in [1.54, 1.807) is 6.07 Å². The molecule has 0 aliphatic carbocycles. The summed E-state index contributed by atoms with van der Waals surface area (Å²) in [5, 5.41) is 1.52. The van der Waals surface area contributed by atoms with Crippen molar-refractivity contribution in [3.63, 3.8) is 0 Å². The normalized spacial score (nSPS) is 11.8. The first kappa shape index (κ1) is 17.9. The van der Waals surface area contributed by atoms with E-state index in [2.05, 4.69) is 6.92 Å². The van der Waals surface area contributed by atoms with Gasteiger partial charge in [0.15, 0.2) is 11.6 Å². The van der Waals surface area contributed by atoms with E-state index < -0.39 is 5.82 Å². The zero-order chi connectivity index (χ0) is 17.8. The Morgan fingerprint density at radius 3 is 2.48 bits per heavy atom. The monoisotopic (exact) mass is 360 g/mol. The van der Waals surface area contributed by atoms with Crippen LogP contribution >= 0.6 is 11.3 Å². The highest BCUT2D eigenvalue weighted by Crippen LogP contribution is 2.40. The van der Waals surface area contributed by atoms with Crippen molar-refractivity contribution >= 4 is 31.5 Å². The van der Waals surface area contributed by atoms with Gasteiger partial charge < -0.3 is 4.74 Å². The predicted octanol–water partition coefficient (Wildman–Crippen LogP) is 7.02. The predicted molar refractivity (Wildman–Crippen MR) is 103 cm³/mol. The summed E-state index contributed by atoms with van der Waals surface area (Å²) in [6, 6.07) is 7.21. The van der Waals surface area contributed by atoms with Crippen LogP contribution < -0.4 is 4.74 Å². The topological polar surface area (TPSA) is 9.23 Å². The molecule has 0 fully saturated rings. The van der Waals surface area contributed by atoms with Gasteiger partial charge in [-0.3, -0.25) is 0 Å². The van der Waals surface area contributed by atoms with Gasteiger partial charge in [-0.1, -0.05) is 37.6 Å². The van der Waals surface area contributed by atoms with Crippen molar-refractivity contribution in [1.29, 1.82) is 0 Å². The number of hydrogen-bond donors (Lipinski definition) is 0. The van der Waals surface area contributed by atoms with E-state index in [4.69, 9.17) is 4.74 Å². The van der Waals surface area contributed by atoms with Crippen molar-refractivity contribution in [3.05, 3.63) is 53.6 Å². The van der Waals surface area contributed by atoms with E-state index in [0.717, 1.165) is 30.0 Å². The molecule has 2 aromatic carbocycles. The first-order valence-electron chi connectivity index (χ1n) is 8.73. The van der Waals surface area contributed by atoms with E-state index in [9.17, 15) is 8.78 Å². The summed E-state index contributed by atoms with van der Waals surface area (Å²) in [7, 11) is 0. The number of allylic oxidation sites excluding steroid dienone is 1. The summed E-state index contributed by atoms with van der Waals surface area (Å²) in [6.07, 6.45) is 7.33. The quantitative estimate of drug-likeness (QED) is 0.325. The van der Waals surface area contributed by atoms with Crippen molar-refractivity contribution in [2.45, 2.75) is 39.5 Å². The molecule has 0 spiro atoms. The molecule has 0 bridgehead atoms. The van der Waals surface area contributed by atoms with E-state index in [1.165, 1.54) is 11.3 Å². The van der Waals surface area contributed by atoms with Gasteiger partial charge in [0.2, 0.25) is 0 Å². The van der Waals surface area contributed by atoms with Gasteiger partial charge >= 0.3 is 0 Å². The molecule has 1 heterocycles. The molecule has 0 saturated heterocycles. The third-order valence-electron chi connectivity index (χ3n) is 4.31. The molecular formula is C21H22F2OS. The summed E-state index contributed by atoms with van der Waals surface area (Å²) in [5.74, 6) is -0.369. The summed E-state index contributed by atoms with van der Waals surface area (Å²) in [6.45, 7) is 4.45. The zero-order valence-corrected chi connectivity index (χ0v) is 15.4. The third-order valence-corrected chi connectivity index (χ3v) is 5.52. The molecule has 0 amide bonds. The van der Waals surface area contributed by atoms with Crippen LogP contribution in [0.3, 0.4) is 0 Å². The molecule has 4 heteroatoms. The Bertz CT molecular complexity index is 911. The lowest BCUT2D eigenvalue weighted by atomic mass is 10.0. The largest absolute Gasteiger partial charge is 0.490 e. The first-order valence-corrected chi connectivity index (χ1v) is 9.55. The van der Waals surface area contributed by atoms with Crippen molar-refractivity contribution in [2.24, 2.45) is 0 Å². The standard InChI is InChI=1S/C21H22F2OS/c1-3-5-7-13-24-17-12-11-16-15-10-9-14(8-6-4-2)18(22)20(15)25-21(16)19(17)23/h3,5,9-12H,4,6-8,13H2,1-2H3/b5-3+. The number of benzene rings is 2. The Balaban J connectivity index is 2.00. The van der Waals surface area contributed by atoms with E-state index >= 15 is 0 Å². The lowest BCUT2D eigenvalue weighted by molar-refractivity contribution is 0.309. The van der Waals surface area contributed by atoms with Gasteiger partial charge in [-0.25, -0.2) is 8.78 Å². The van der Waals surface area contributed by atoms with E-state index in [-0.39, 0.29) is 11.6 Å². The molecule has 25 heavy (non-hydrogen) atoms. The van der Waals surface area contributed by atoms with Gasteiger partial charge in [-0.15, -0.1) is 11.3 Å². The van der Waals surface area contributed by atoms with Gasteiger partial charge in [-0.2, -0.15) is 0 Å². The van der Waals surface area contributed by atoms with E-state index in [0.29, 0.717) is 28.0 Å². The minimum atomic E-state index is -0.395. The van der Waals surface area contributed by atoms with Gasteiger partial charge in [0, 0.05) is 10.8 Å². The maximum Gasteiger partial charge on any atom is 0.182 e. The average molecular weight is 360 g/mol. The minimum absolute atomic E-state index is 0.206. The number of hydrogen-bond acceptors (Lipinski definition) is 2. The lowest BCUT2D eigenvalue weighted by Crippen LogP contribution is -1.97. The van der Waals surface area contributed by atoms with Crippen molar-refractivity contribution < 1.29 is 13.5 Å². The van der Waals surface area contributed by atoms with Gasteiger partial charge in [0.05, 0.1) is 16.0 Å². The highest BCUT2D eigenvalue weighted by molar-refractivity contribution is 7.25. The second-order valence-corrected chi connectivity index (χ2v) is 7.10. The number of rotatable bonds is 7.